The van der Waals surface area contributed by atoms with Gasteiger partial charge in [-0.05, 0) is 6.08 Å². The van der Waals surface area contributed by atoms with E-state index < -0.39 is 0 Å². The molecular weight excluding hydrogens is 104 g/mol. The van der Waals surface area contributed by atoms with E-state index in [9.17, 15) is 0 Å². The number of rotatable bonds is 0. The lowest BCUT2D eigenvalue weighted by atomic mass is 10.5. The van der Waals surface area contributed by atoms with E-state index in [0.717, 1.165) is 6.26 Å². The first-order valence-corrected chi connectivity index (χ1v) is 2.35. The highest BCUT2D eigenvalue weighted by Crippen LogP contribution is 1.99. The van der Waals surface area contributed by atoms with E-state index >= 15 is 0 Å². The van der Waals surface area contributed by atoms with Crippen molar-refractivity contribution in [2.45, 2.75) is 0 Å². The zero-order valence-corrected chi connectivity index (χ0v) is 4.63. The number of nitrogens with zero attached hydrogens (tertiary/aromatic N) is 1. The summed E-state index contributed by atoms with van der Waals surface area (Å²) in [5.41, 5.74) is 3.55. The summed E-state index contributed by atoms with van der Waals surface area (Å²) in [5, 5.41) is 10.1. The summed E-state index contributed by atoms with van der Waals surface area (Å²) < 4.78 is 0. The molecule has 44 valence electrons. The van der Waals surface area contributed by atoms with Crippen LogP contribution in [0.2, 0.25) is 0 Å². The SMILES string of the molecule is CN1C=CC(=CO)N1. The molecule has 3 heteroatoms. The van der Waals surface area contributed by atoms with E-state index in [4.69, 9.17) is 5.11 Å². The van der Waals surface area contributed by atoms with E-state index in [1.165, 1.54) is 0 Å². The first-order valence-electron chi connectivity index (χ1n) is 2.35. The van der Waals surface area contributed by atoms with Gasteiger partial charge in [0.15, 0.2) is 0 Å². The Balaban J connectivity index is 2.59. The monoisotopic (exact) mass is 112 g/mol. The van der Waals surface area contributed by atoms with Gasteiger partial charge in [-0.1, -0.05) is 0 Å². The second-order valence-electron chi connectivity index (χ2n) is 1.62. The third kappa shape index (κ3) is 0.753. The molecule has 0 saturated heterocycles. The van der Waals surface area contributed by atoms with Crippen LogP contribution in [0.5, 0.6) is 0 Å². The van der Waals surface area contributed by atoms with E-state index in [-0.39, 0.29) is 0 Å². The highest BCUT2D eigenvalue weighted by Gasteiger charge is 1.99. The molecule has 1 aliphatic rings. The second-order valence-corrected chi connectivity index (χ2v) is 1.62. The molecule has 0 aromatic carbocycles. The van der Waals surface area contributed by atoms with Gasteiger partial charge >= 0.3 is 0 Å². The Labute approximate surface area is 47.9 Å². The van der Waals surface area contributed by atoms with Crippen LogP contribution in [0.4, 0.5) is 0 Å². The summed E-state index contributed by atoms with van der Waals surface area (Å²) in [7, 11) is 1.85. The molecule has 0 spiro atoms. The second kappa shape index (κ2) is 1.78. The maximum Gasteiger partial charge on any atom is 0.104 e. The topological polar surface area (TPSA) is 35.5 Å². The van der Waals surface area contributed by atoms with Gasteiger partial charge in [-0.25, -0.2) is 0 Å². The molecule has 0 radical (unpaired) electrons. The van der Waals surface area contributed by atoms with Gasteiger partial charge in [0.05, 0.1) is 5.70 Å². The van der Waals surface area contributed by atoms with Crippen LogP contribution < -0.4 is 5.43 Å². The number of nitrogens with one attached hydrogen (secondary N) is 1. The molecule has 0 fully saturated rings. The Bertz CT molecular complexity index is 139. The summed E-state index contributed by atoms with van der Waals surface area (Å²) in [4.78, 5) is 0. The Morgan fingerprint density at radius 3 is 2.88 bits per heavy atom. The van der Waals surface area contributed by atoms with E-state index in [2.05, 4.69) is 5.43 Å². The molecule has 0 aromatic heterocycles. The Kier molecular flexibility index (Phi) is 1.12. The van der Waals surface area contributed by atoms with Gasteiger partial charge in [0.2, 0.25) is 0 Å². The van der Waals surface area contributed by atoms with Gasteiger partial charge in [0.25, 0.3) is 0 Å². The maximum atomic E-state index is 8.38. The Morgan fingerprint density at radius 2 is 2.62 bits per heavy atom. The van der Waals surface area contributed by atoms with Crippen LogP contribution in [-0.4, -0.2) is 17.2 Å². The minimum atomic E-state index is 0.715. The number of aliphatic hydroxyl groups excluding tert-OH is 1. The zero-order chi connectivity index (χ0) is 5.98. The molecule has 1 rings (SSSR count). The summed E-state index contributed by atoms with van der Waals surface area (Å²) in [6.07, 6.45) is 4.63. The first kappa shape index (κ1) is 5.03. The Morgan fingerprint density at radius 1 is 1.88 bits per heavy atom. The van der Waals surface area contributed by atoms with E-state index in [0.29, 0.717) is 5.70 Å². The molecule has 1 heterocycles. The average Bonchev–Trinajstić information content (AvgIpc) is 2.14. The lowest BCUT2D eigenvalue weighted by Crippen LogP contribution is -2.22. The molecule has 0 unspecified atom stereocenters. The third-order valence-corrected chi connectivity index (χ3v) is 0.922. The van der Waals surface area contributed by atoms with Gasteiger partial charge in [0, 0.05) is 13.2 Å². The van der Waals surface area contributed by atoms with Crippen molar-refractivity contribution >= 4 is 0 Å². The smallest absolute Gasteiger partial charge is 0.104 e. The summed E-state index contributed by atoms with van der Waals surface area (Å²) in [6.45, 7) is 0. The standard InChI is InChI=1S/C5H8N2O/c1-7-3-2-5(4-8)6-7/h2-4,6,8H,1H3. The van der Waals surface area contributed by atoms with Crippen molar-refractivity contribution in [1.29, 1.82) is 0 Å². The largest absolute Gasteiger partial charge is 0.513 e. The highest BCUT2D eigenvalue weighted by molar-refractivity contribution is 5.17. The third-order valence-electron chi connectivity index (χ3n) is 0.922. The van der Waals surface area contributed by atoms with Crippen molar-refractivity contribution in [1.82, 2.24) is 10.4 Å². The van der Waals surface area contributed by atoms with E-state index in [1.54, 1.807) is 11.1 Å². The average molecular weight is 112 g/mol. The molecule has 0 bridgehead atoms. The molecular formula is C5H8N2O. The summed E-state index contributed by atoms with van der Waals surface area (Å²) in [5.74, 6) is 0. The van der Waals surface area contributed by atoms with Gasteiger partial charge in [-0.2, -0.15) is 0 Å². The van der Waals surface area contributed by atoms with Crippen molar-refractivity contribution in [3.05, 3.63) is 24.2 Å². The molecule has 0 amide bonds. The minimum absolute atomic E-state index is 0.715. The fraction of sp³-hybridized carbons (Fsp3) is 0.200. The van der Waals surface area contributed by atoms with Crippen LogP contribution in [0, 0.1) is 0 Å². The van der Waals surface area contributed by atoms with Crippen LogP contribution in [-0.2, 0) is 0 Å². The predicted octanol–water partition coefficient (Wildman–Crippen LogP) is 0.349. The molecule has 0 aliphatic carbocycles. The quantitative estimate of drug-likeness (QED) is 0.444. The van der Waals surface area contributed by atoms with Crippen LogP contribution in [0.3, 0.4) is 0 Å². The van der Waals surface area contributed by atoms with Crippen molar-refractivity contribution < 1.29 is 5.11 Å². The zero-order valence-electron chi connectivity index (χ0n) is 4.63. The van der Waals surface area contributed by atoms with Crippen molar-refractivity contribution in [2.75, 3.05) is 7.05 Å². The molecule has 2 N–H and O–H groups in total. The fourth-order valence-corrected chi connectivity index (χ4v) is 0.542. The summed E-state index contributed by atoms with van der Waals surface area (Å²) >= 11 is 0. The molecule has 0 aromatic rings. The van der Waals surface area contributed by atoms with Gasteiger partial charge in [-0.3, -0.25) is 10.4 Å². The maximum absolute atomic E-state index is 8.38. The van der Waals surface area contributed by atoms with Crippen LogP contribution in [0.15, 0.2) is 24.2 Å². The number of hydrazine groups is 1. The number of aliphatic hydroxyl groups is 1. The number of allylic oxidation sites excluding steroid dienone is 1. The fourth-order valence-electron chi connectivity index (χ4n) is 0.542. The lowest BCUT2D eigenvalue weighted by molar-refractivity contribution is 0.383. The highest BCUT2D eigenvalue weighted by atomic mass is 16.2. The van der Waals surface area contributed by atoms with E-state index in [1.807, 2.05) is 13.2 Å². The van der Waals surface area contributed by atoms with Gasteiger partial charge in [-0.15, -0.1) is 0 Å². The normalized spacial score (nSPS) is 22.1. The van der Waals surface area contributed by atoms with Crippen molar-refractivity contribution in [2.24, 2.45) is 0 Å². The van der Waals surface area contributed by atoms with Gasteiger partial charge in [0.1, 0.15) is 6.26 Å². The van der Waals surface area contributed by atoms with Crippen LogP contribution in [0.1, 0.15) is 0 Å². The minimum Gasteiger partial charge on any atom is -0.513 e. The molecule has 0 saturated carbocycles. The summed E-state index contributed by atoms with van der Waals surface area (Å²) in [6, 6.07) is 0. The Hall–Kier alpha value is -1.12. The van der Waals surface area contributed by atoms with Gasteiger partial charge < -0.3 is 5.11 Å². The lowest BCUT2D eigenvalue weighted by Gasteiger charge is -2.07. The molecule has 8 heavy (non-hydrogen) atoms. The number of hydrogen-bond donors (Lipinski definition) is 2. The van der Waals surface area contributed by atoms with Crippen LogP contribution >= 0.6 is 0 Å². The van der Waals surface area contributed by atoms with Crippen molar-refractivity contribution in [3.63, 3.8) is 0 Å². The molecule has 1 aliphatic heterocycles. The molecule has 0 atom stereocenters. The van der Waals surface area contributed by atoms with Crippen LogP contribution in [0.25, 0.3) is 0 Å². The number of hydrogen-bond acceptors (Lipinski definition) is 3. The predicted molar refractivity (Wildman–Crippen MR) is 30.8 cm³/mol. The first-order chi connectivity index (χ1) is 3.83. The molecule has 3 nitrogen and oxygen atoms in total. The van der Waals surface area contributed by atoms with Crippen molar-refractivity contribution in [3.8, 4) is 0 Å².